The third-order valence-electron chi connectivity index (χ3n) is 1.46. The standard InChI is InChI=1S/C8H8Cl2OS/c1-12(2)5-3-6(9)8(11)7(10)4-5/h3-4H,1-2H3/p+1. The number of hydrogen-bond acceptors (Lipinski definition) is 1. The number of halogens is 2. The highest BCUT2D eigenvalue weighted by molar-refractivity contribution is 7.95. The monoisotopic (exact) mass is 223 g/mol. The number of hydrogen-bond donors (Lipinski definition) is 1. The number of aromatic hydroxyl groups is 1. The van der Waals surface area contributed by atoms with Crippen molar-refractivity contribution in [3.05, 3.63) is 22.2 Å². The van der Waals surface area contributed by atoms with Gasteiger partial charge in [-0.15, -0.1) is 0 Å². The van der Waals surface area contributed by atoms with Gasteiger partial charge in [0.1, 0.15) is 12.5 Å². The van der Waals surface area contributed by atoms with Crippen LogP contribution in [0.4, 0.5) is 0 Å². The topological polar surface area (TPSA) is 20.2 Å². The van der Waals surface area contributed by atoms with Gasteiger partial charge in [0.15, 0.2) is 10.6 Å². The molecular weight excluding hydrogens is 215 g/mol. The Labute approximate surface area is 84.7 Å². The van der Waals surface area contributed by atoms with Gasteiger partial charge in [-0.25, -0.2) is 0 Å². The number of phenolic OH excluding ortho intramolecular Hbond substituents is 1. The van der Waals surface area contributed by atoms with Crippen molar-refractivity contribution in [2.24, 2.45) is 0 Å². The Morgan fingerprint density at radius 1 is 1.17 bits per heavy atom. The lowest BCUT2D eigenvalue weighted by atomic mass is 10.3. The van der Waals surface area contributed by atoms with Crippen molar-refractivity contribution in [2.75, 3.05) is 12.5 Å². The maximum absolute atomic E-state index is 9.25. The van der Waals surface area contributed by atoms with Gasteiger partial charge in [0.2, 0.25) is 0 Å². The number of rotatable bonds is 1. The molecule has 0 aliphatic heterocycles. The Balaban J connectivity index is 3.21. The Hall–Kier alpha value is -0.0500. The van der Waals surface area contributed by atoms with Crippen LogP contribution in [0.3, 0.4) is 0 Å². The maximum atomic E-state index is 9.25. The molecule has 0 atom stereocenters. The van der Waals surface area contributed by atoms with Crippen LogP contribution in [-0.2, 0) is 10.9 Å². The molecule has 0 saturated carbocycles. The van der Waals surface area contributed by atoms with Crippen LogP contribution in [0.25, 0.3) is 0 Å². The third kappa shape index (κ3) is 2.00. The van der Waals surface area contributed by atoms with E-state index >= 15 is 0 Å². The predicted molar refractivity (Wildman–Crippen MR) is 55.6 cm³/mol. The summed E-state index contributed by atoms with van der Waals surface area (Å²) >= 11 is 11.5. The van der Waals surface area contributed by atoms with E-state index in [9.17, 15) is 5.11 Å². The van der Waals surface area contributed by atoms with Crippen LogP contribution >= 0.6 is 23.2 Å². The Bertz CT molecular complexity index is 276. The summed E-state index contributed by atoms with van der Waals surface area (Å²) in [6, 6.07) is 3.48. The number of phenols is 1. The van der Waals surface area contributed by atoms with Crippen molar-refractivity contribution in [1.82, 2.24) is 0 Å². The average molecular weight is 224 g/mol. The summed E-state index contributed by atoms with van der Waals surface area (Å²) in [7, 11) is 0.112. The first-order valence-corrected chi connectivity index (χ1v) is 6.07. The molecule has 0 fully saturated rings. The molecular formula is C8H9Cl2OS+. The van der Waals surface area contributed by atoms with Crippen molar-refractivity contribution in [1.29, 1.82) is 0 Å². The first kappa shape index (κ1) is 10.0. The van der Waals surface area contributed by atoms with Crippen molar-refractivity contribution in [3.8, 4) is 5.75 Å². The summed E-state index contributed by atoms with van der Waals surface area (Å²) < 4.78 is 0. The molecule has 0 aliphatic rings. The van der Waals surface area contributed by atoms with Crippen LogP contribution in [-0.4, -0.2) is 17.6 Å². The van der Waals surface area contributed by atoms with Crippen LogP contribution in [0.1, 0.15) is 0 Å². The van der Waals surface area contributed by atoms with Gasteiger partial charge in [-0.2, -0.15) is 0 Å². The molecule has 4 heteroatoms. The molecule has 0 amide bonds. The van der Waals surface area contributed by atoms with Crippen LogP contribution in [0, 0.1) is 0 Å². The zero-order chi connectivity index (χ0) is 9.30. The molecule has 0 spiro atoms. The van der Waals surface area contributed by atoms with Gasteiger partial charge in [-0.1, -0.05) is 23.2 Å². The predicted octanol–water partition coefficient (Wildman–Crippen LogP) is 2.94. The molecule has 0 aliphatic carbocycles. The van der Waals surface area contributed by atoms with E-state index in [4.69, 9.17) is 23.2 Å². The molecule has 1 aromatic carbocycles. The fraction of sp³-hybridized carbons (Fsp3) is 0.250. The second kappa shape index (κ2) is 3.77. The van der Waals surface area contributed by atoms with E-state index in [0.29, 0.717) is 10.0 Å². The quantitative estimate of drug-likeness (QED) is 0.727. The van der Waals surface area contributed by atoms with Crippen molar-refractivity contribution in [3.63, 3.8) is 0 Å². The maximum Gasteiger partial charge on any atom is 0.157 e. The molecule has 0 radical (unpaired) electrons. The van der Waals surface area contributed by atoms with E-state index in [0.717, 1.165) is 4.90 Å². The largest absolute Gasteiger partial charge is 0.505 e. The van der Waals surface area contributed by atoms with Crippen LogP contribution in [0.15, 0.2) is 17.0 Å². The Morgan fingerprint density at radius 3 is 1.92 bits per heavy atom. The van der Waals surface area contributed by atoms with Gasteiger partial charge in [0.05, 0.1) is 10.0 Å². The Morgan fingerprint density at radius 2 is 1.58 bits per heavy atom. The van der Waals surface area contributed by atoms with Crippen molar-refractivity contribution < 1.29 is 5.11 Å². The number of benzene rings is 1. The first-order valence-electron chi connectivity index (χ1n) is 3.28. The van der Waals surface area contributed by atoms with Gasteiger partial charge >= 0.3 is 0 Å². The summed E-state index contributed by atoms with van der Waals surface area (Å²) in [5.74, 6) is -0.0347. The highest BCUT2D eigenvalue weighted by atomic mass is 35.5. The molecule has 0 heterocycles. The fourth-order valence-corrected chi connectivity index (χ4v) is 2.10. The smallest absolute Gasteiger partial charge is 0.157 e. The van der Waals surface area contributed by atoms with E-state index in [2.05, 4.69) is 12.5 Å². The summed E-state index contributed by atoms with van der Waals surface area (Å²) in [6.45, 7) is 0. The van der Waals surface area contributed by atoms with Gasteiger partial charge in [0.25, 0.3) is 0 Å². The van der Waals surface area contributed by atoms with E-state index in [1.165, 1.54) is 0 Å². The second-order valence-electron chi connectivity index (χ2n) is 2.55. The highest BCUT2D eigenvalue weighted by Gasteiger charge is 2.14. The minimum atomic E-state index is -0.0347. The summed E-state index contributed by atoms with van der Waals surface area (Å²) in [5.41, 5.74) is 0. The average Bonchev–Trinajstić information content (AvgIpc) is 1.99. The van der Waals surface area contributed by atoms with E-state index < -0.39 is 0 Å². The lowest BCUT2D eigenvalue weighted by Crippen LogP contribution is -1.95. The molecule has 12 heavy (non-hydrogen) atoms. The summed E-state index contributed by atoms with van der Waals surface area (Å²) in [5, 5.41) is 9.89. The molecule has 66 valence electrons. The van der Waals surface area contributed by atoms with E-state index in [-0.39, 0.29) is 16.6 Å². The minimum Gasteiger partial charge on any atom is -0.505 e. The van der Waals surface area contributed by atoms with Gasteiger partial charge in [0, 0.05) is 23.0 Å². The SMILES string of the molecule is C[S+](C)c1cc(Cl)c(O)c(Cl)c1. The highest BCUT2D eigenvalue weighted by Crippen LogP contribution is 2.34. The van der Waals surface area contributed by atoms with Crippen LogP contribution < -0.4 is 0 Å². The van der Waals surface area contributed by atoms with Crippen LogP contribution in [0.2, 0.25) is 10.0 Å². The van der Waals surface area contributed by atoms with Gasteiger partial charge in [-0.3, -0.25) is 0 Å². The Kier molecular flexibility index (Phi) is 3.16. The molecule has 0 aromatic heterocycles. The lowest BCUT2D eigenvalue weighted by Gasteiger charge is -2.01. The van der Waals surface area contributed by atoms with Gasteiger partial charge < -0.3 is 5.11 Å². The molecule has 1 rings (SSSR count). The first-order chi connectivity index (χ1) is 5.52. The van der Waals surface area contributed by atoms with Crippen molar-refractivity contribution >= 4 is 34.1 Å². The molecule has 1 nitrogen and oxygen atoms in total. The lowest BCUT2D eigenvalue weighted by molar-refractivity contribution is 0.475. The van der Waals surface area contributed by atoms with Gasteiger partial charge in [-0.05, 0) is 0 Å². The second-order valence-corrected chi connectivity index (χ2v) is 5.47. The molecule has 0 bridgehead atoms. The molecule has 1 N–H and O–H groups in total. The normalized spacial score (nSPS) is 10.8. The molecule has 0 unspecified atom stereocenters. The summed E-state index contributed by atoms with van der Waals surface area (Å²) in [6.07, 6.45) is 4.14. The molecule has 1 aromatic rings. The van der Waals surface area contributed by atoms with Crippen LogP contribution in [0.5, 0.6) is 5.75 Å². The zero-order valence-corrected chi connectivity index (χ0v) is 9.09. The summed E-state index contributed by atoms with van der Waals surface area (Å²) in [4.78, 5) is 1.06. The zero-order valence-electron chi connectivity index (χ0n) is 6.77. The van der Waals surface area contributed by atoms with E-state index in [1.54, 1.807) is 12.1 Å². The molecule has 0 saturated heterocycles. The van der Waals surface area contributed by atoms with E-state index in [1.807, 2.05) is 0 Å². The third-order valence-corrected chi connectivity index (χ3v) is 3.22. The van der Waals surface area contributed by atoms with Crippen molar-refractivity contribution in [2.45, 2.75) is 4.90 Å². The minimum absolute atomic E-state index is 0.0347. The fourth-order valence-electron chi connectivity index (χ4n) is 0.778.